The second-order valence-electron chi connectivity index (χ2n) is 7.16. The van der Waals surface area contributed by atoms with E-state index >= 15 is 0 Å². The van der Waals surface area contributed by atoms with Crippen molar-refractivity contribution >= 4 is 28.8 Å². The number of aromatic nitrogens is 4. The molecular formula is C20H23N9O. The van der Waals surface area contributed by atoms with Crippen LogP contribution < -0.4 is 27.4 Å². The molecule has 154 valence electrons. The highest BCUT2D eigenvalue weighted by Gasteiger charge is 2.21. The number of hydrogen-bond donors (Lipinski definition) is 4. The number of rotatable bonds is 4. The van der Waals surface area contributed by atoms with E-state index in [1.165, 1.54) is 12.4 Å². The second kappa shape index (κ2) is 8.29. The van der Waals surface area contributed by atoms with E-state index in [0.29, 0.717) is 22.9 Å². The molecule has 0 spiro atoms. The Bertz CT molecular complexity index is 1050. The van der Waals surface area contributed by atoms with Gasteiger partial charge in [-0.1, -0.05) is 0 Å². The summed E-state index contributed by atoms with van der Waals surface area (Å²) < 4.78 is 0. The Kier molecular flexibility index (Phi) is 5.40. The number of anilines is 4. The van der Waals surface area contributed by atoms with Crippen LogP contribution in [0.2, 0.25) is 0 Å². The molecule has 1 aliphatic rings. The summed E-state index contributed by atoms with van der Waals surface area (Å²) in [7, 11) is 0. The van der Waals surface area contributed by atoms with Crippen LogP contribution in [-0.4, -0.2) is 45.0 Å². The van der Waals surface area contributed by atoms with E-state index in [-0.39, 0.29) is 17.4 Å². The molecule has 30 heavy (non-hydrogen) atoms. The number of nitrogens with two attached hydrogens (primary N) is 3. The van der Waals surface area contributed by atoms with Crippen LogP contribution in [0, 0.1) is 0 Å². The summed E-state index contributed by atoms with van der Waals surface area (Å²) >= 11 is 0. The Labute approximate surface area is 173 Å². The minimum atomic E-state index is -0.437. The van der Waals surface area contributed by atoms with Gasteiger partial charge in [0.2, 0.25) is 0 Å². The van der Waals surface area contributed by atoms with Crippen molar-refractivity contribution in [1.82, 2.24) is 19.9 Å². The summed E-state index contributed by atoms with van der Waals surface area (Å²) in [6.45, 7) is 1.59. The van der Waals surface area contributed by atoms with Gasteiger partial charge in [0, 0.05) is 25.3 Å². The minimum Gasteiger partial charge on any atom is -0.397 e. The Morgan fingerprint density at radius 2 is 1.97 bits per heavy atom. The molecule has 0 aromatic carbocycles. The highest BCUT2D eigenvalue weighted by molar-refractivity contribution is 6.07. The number of hydrogen-bond acceptors (Lipinski definition) is 9. The third-order valence-corrected chi connectivity index (χ3v) is 4.92. The monoisotopic (exact) mass is 405 g/mol. The molecule has 0 aliphatic carbocycles. The molecule has 4 heterocycles. The number of nitrogens with zero attached hydrogens (tertiary/aromatic N) is 5. The van der Waals surface area contributed by atoms with Gasteiger partial charge in [0.25, 0.3) is 5.91 Å². The van der Waals surface area contributed by atoms with Gasteiger partial charge in [0.05, 0.1) is 41.3 Å². The quantitative estimate of drug-likeness (QED) is 0.501. The number of carbonyl (C=O) groups is 1. The molecule has 3 aromatic heterocycles. The van der Waals surface area contributed by atoms with Gasteiger partial charge in [0.15, 0.2) is 5.69 Å². The van der Waals surface area contributed by atoms with Crippen LogP contribution in [0.5, 0.6) is 0 Å². The molecule has 1 fully saturated rings. The SMILES string of the molecule is Nc1cnc(-c2ccc(N)c(C(=O)Nc3cnccc3N3CCCC(N)C3)n2)cn1. The van der Waals surface area contributed by atoms with E-state index in [9.17, 15) is 4.79 Å². The highest BCUT2D eigenvalue weighted by Crippen LogP contribution is 2.28. The highest BCUT2D eigenvalue weighted by atomic mass is 16.1. The van der Waals surface area contributed by atoms with Gasteiger partial charge in [-0.2, -0.15) is 0 Å². The van der Waals surface area contributed by atoms with Crippen molar-refractivity contribution in [2.75, 3.05) is 34.8 Å². The maximum atomic E-state index is 13.0. The molecule has 0 bridgehead atoms. The third kappa shape index (κ3) is 4.13. The number of amides is 1. The lowest BCUT2D eigenvalue weighted by atomic mass is 10.1. The predicted octanol–water partition coefficient (Wildman–Crippen LogP) is 1.28. The van der Waals surface area contributed by atoms with Crippen molar-refractivity contribution in [3.05, 3.63) is 48.7 Å². The topological polar surface area (TPSA) is 162 Å². The number of nitrogen functional groups attached to an aromatic ring is 2. The third-order valence-electron chi connectivity index (χ3n) is 4.92. The van der Waals surface area contributed by atoms with Gasteiger partial charge in [-0.25, -0.2) is 15.0 Å². The van der Waals surface area contributed by atoms with E-state index in [1.54, 1.807) is 24.5 Å². The van der Waals surface area contributed by atoms with Gasteiger partial charge in [-0.15, -0.1) is 0 Å². The van der Waals surface area contributed by atoms with E-state index < -0.39 is 5.91 Å². The van der Waals surface area contributed by atoms with Crippen molar-refractivity contribution < 1.29 is 4.79 Å². The molecule has 10 nitrogen and oxygen atoms in total. The smallest absolute Gasteiger partial charge is 0.276 e. The Morgan fingerprint density at radius 3 is 2.73 bits per heavy atom. The van der Waals surface area contributed by atoms with E-state index in [1.807, 2.05) is 6.07 Å². The lowest BCUT2D eigenvalue weighted by Gasteiger charge is -2.33. The Hall–Kier alpha value is -3.79. The van der Waals surface area contributed by atoms with Crippen LogP contribution in [0.15, 0.2) is 43.0 Å². The normalized spacial score (nSPS) is 16.3. The first kappa shape index (κ1) is 19.5. The van der Waals surface area contributed by atoms with E-state index in [2.05, 4.69) is 30.2 Å². The zero-order valence-electron chi connectivity index (χ0n) is 16.3. The molecule has 3 aromatic rings. The molecule has 1 saturated heterocycles. The second-order valence-corrected chi connectivity index (χ2v) is 7.16. The molecule has 0 saturated carbocycles. The molecule has 1 atom stereocenters. The van der Waals surface area contributed by atoms with Crippen LogP contribution in [0.25, 0.3) is 11.4 Å². The summed E-state index contributed by atoms with van der Waals surface area (Å²) in [5, 5.41) is 2.89. The fourth-order valence-corrected chi connectivity index (χ4v) is 3.43. The average Bonchev–Trinajstić information content (AvgIpc) is 2.75. The maximum absolute atomic E-state index is 13.0. The maximum Gasteiger partial charge on any atom is 0.276 e. The fraction of sp³-hybridized carbons (Fsp3) is 0.250. The van der Waals surface area contributed by atoms with Crippen LogP contribution >= 0.6 is 0 Å². The number of carbonyl (C=O) groups excluding carboxylic acids is 1. The molecule has 10 heteroatoms. The Balaban J connectivity index is 1.60. The summed E-state index contributed by atoms with van der Waals surface area (Å²) in [6.07, 6.45) is 8.21. The van der Waals surface area contributed by atoms with Gasteiger partial charge >= 0.3 is 0 Å². The Morgan fingerprint density at radius 1 is 1.10 bits per heavy atom. The van der Waals surface area contributed by atoms with Crippen LogP contribution in [0.1, 0.15) is 23.3 Å². The lowest BCUT2D eigenvalue weighted by molar-refractivity contribution is 0.102. The lowest BCUT2D eigenvalue weighted by Crippen LogP contribution is -2.43. The van der Waals surface area contributed by atoms with Gasteiger partial charge in [-0.3, -0.25) is 9.78 Å². The summed E-state index contributed by atoms with van der Waals surface area (Å²) in [6, 6.07) is 5.26. The summed E-state index contributed by atoms with van der Waals surface area (Å²) in [5.41, 5.74) is 20.5. The van der Waals surface area contributed by atoms with Crippen molar-refractivity contribution in [2.24, 2.45) is 5.73 Å². The first-order valence-electron chi connectivity index (χ1n) is 9.61. The van der Waals surface area contributed by atoms with Crippen molar-refractivity contribution in [2.45, 2.75) is 18.9 Å². The number of piperidine rings is 1. The average molecular weight is 405 g/mol. The molecular weight excluding hydrogens is 382 g/mol. The standard InChI is InChI=1S/C20H23N9O/c21-12-2-1-7-29(11-12)17-5-6-24-8-16(17)28-20(30)19-13(22)3-4-14(27-19)15-9-26-18(23)10-25-15/h3-6,8-10,12H,1-2,7,11,21-22H2,(H2,23,26)(H,28,30). The van der Waals surface area contributed by atoms with Gasteiger partial charge < -0.3 is 27.4 Å². The first-order valence-corrected chi connectivity index (χ1v) is 9.61. The summed E-state index contributed by atoms with van der Waals surface area (Å²) in [4.78, 5) is 31.9. The zero-order valence-corrected chi connectivity index (χ0v) is 16.3. The van der Waals surface area contributed by atoms with Crippen molar-refractivity contribution in [3.63, 3.8) is 0 Å². The van der Waals surface area contributed by atoms with Gasteiger partial charge in [-0.05, 0) is 31.0 Å². The van der Waals surface area contributed by atoms with Crippen LogP contribution in [0.4, 0.5) is 22.9 Å². The van der Waals surface area contributed by atoms with Crippen molar-refractivity contribution in [1.29, 1.82) is 0 Å². The van der Waals surface area contributed by atoms with E-state index in [4.69, 9.17) is 17.2 Å². The summed E-state index contributed by atoms with van der Waals surface area (Å²) in [5.74, 6) is -0.137. The van der Waals surface area contributed by atoms with E-state index in [0.717, 1.165) is 31.6 Å². The molecule has 4 rings (SSSR count). The predicted molar refractivity (Wildman–Crippen MR) is 116 cm³/mol. The molecule has 7 N–H and O–H groups in total. The first-order chi connectivity index (χ1) is 14.5. The van der Waals surface area contributed by atoms with Crippen LogP contribution in [0.3, 0.4) is 0 Å². The molecule has 1 unspecified atom stereocenters. The zero-order chi connectivity index (χ0) is 21.1. The molecule has 0 radical (unpaired) electrons. The molecule has 1 aliphatic heterocycles. The van der Waals surface area contributed by atoms with Gasteiger partial charge in [0.1, 0.15) is 11.5 Å². The number of pyridine rings is 2. The fourth-order valence-electron chi connectivity index (χ4n) is 3.43. The number of nitrogens with one attached hydrogen (secondary N) is 1. The largest absolute Gasteiger partial charge is 0.397 e. The van der Waals surface area contributed by atoms with Crippen molar-refractivity contribution in [3.8, 4) is 11.4 Å². The molecule has 1 amide bonds. The minimum absolute atomic E-state index is 0.0938. The van der Waals surface area contributed by atoms with Crippen LogP contribution in [-0.2, 0) is 0 Å².